The summed E-state index contributed by atoms with van der Waals surface area (Å²) < 4.78 is 7.32. The highest BCUT2D eigenvalue weighted by atomic mass is 16.5. The van der Waals surface area contributed by atoms with Crippen LogP contribution < -0.4 is 15.4 Å². The number of aryl methyl sites for hydroxylation is 2. The Balaban J connectivity index is 1.66. The molecule has 0 radical (unpaired) electrons. The van der Waals surface area contributed by atoms with Crippen molar-refractivity contribution < 1.29 is 9.53 Å². The summed E-state index contributed by atoms with van der Waals surface area (Å²) in [6.07, 6.45) is 0. The van der Waals surface area contributed by atoms with Crippen LogP contribution in [-0.4, -0.2) is 17.7 Å². The molecule has 0 aliphatic rings. The lowest BCUT2D eigenvalue weighted by molar-refractivity contribution is 0.251. The van der Waals surface area contributed by atoms with Crippen LogP contribution in [0.5, 0.6) is 5.75 Å². The maximum atomic E-state index is 12.2. The van der Waals surface area contributed by atoms with Crippen LogP contribution in [0.15, 0.2) is 54.6 Å². The van der Waals surface area contributed by atoms with E-state index in [-0.39, 0.29) is 6.03 Å². The van der Waals surface area contributed by atoms with Gasteiger partial charge in [-0.25, -0.2) is 4.79 Å². The summed E-state index contributed by atoms with van der Waals surface area (Å²) in [5.74, 6) is 0.754. The quantitative estimate of drug-likeness (QED) is 0.688. The highest BCUT2D eigenvalue weighted by Crippen LogP contribution is 2.21. The number of benzene rings is 2. The Kier molecular flexibility index (Phi) is 5.50. The average molecular weight is 363 g/mol. The van der Waals surface area contributed by atoms with Crippen molar-refractivity contribution >= 4 is 11.7 Å². The molecule has 0 aliphatic carbocycles. The van der Waals surface area contributed by atoms with Gasteiger partial charge in [-0.3, -0.25) is 0 Å². The van der Waals surface area contributed by atoms with Crippen LogP contribution in [0.2, 0.25) is 0 Å². The van der Waals surface area contributed by atoms with Gasteiger partial charge in [-0.15, -0.1) is 0 Å². The van der Waals surface area contributed by atoms with Crippen molar-refractivity contribution in [2.75, 3.05) is 12.4 Å². The molecule has 5 nitrogen and oxygen atoms in total. The minimum atomic E-state index is -0.236. The number of nitrogens with zero attached hydrogens (tertiary/aromatic N) is 1. The third-order valence-corrected chi connectivity index (χ3v) is 4.62. The first-order valence-electron chi connectivity index (χ1n) is 8.91. The number of methoxy groups -OCH3 is 1. The van der Waals surface area contributed by atoms with E-state index in [1.165, 1.54) is 5.56 Å². The first-order chi connectivity index (χ1) is 13.0. The predicted molar refractivity (Wildman–Crippen MR) is 109 cm³/mol. The van der Waals surface area contributed by atoms with Gasteiger partial charge >= 0.3 is 6.03 Å². The molecule has 0 atom stereocenters. The molecule has 2 amide bonds. The number of hydrogen-bond acceptors (Lipinski definition) is 2. The van der Waals surface area contributed by atoms with E-state index < -0.39 is 0 Å². The van der Waals surface area contributed by atoms with Gasteiger partial charge in [0.15, 0.2) is 0 Å². The fourth-order valence-corrected chi connectivity index (χ4v) is 3.12. The molecule has 0 aliphatic heterocycles. The van der Waals surface area contributed by atoms with E-state index in [0.29, 0.717) is 6.54 Å². The van der Waals surface area contributed by atoms with Gasteiger partial charge in [0.2, 0.25) is 0 Å². The number of urea groups is 1. The molecule has 2 aromatic carbocycles. The molecule has 0 unspecified atom stereocenters. The summed E-state index contributed by atoms with van der Waals surface area (Å²) in [5, 5.41) is 5.75. The van der Waals surface area contributed by atoms with Gasteiger partial charge < -0.3 is 19.9 Å². The van der Waals surface area contributed by atoms with Crippen LogP contribution >= 0.6 is 0 Å². The second-order valence-corrected chi connectivity index (χ2v) is 6.60. The van der Waals surface area contributed by atoms with Crippen molar-refractivity contribution in [1.82, 2.24) is 9.88 Å². The number of hydrogen-bond donors (Lipinski definition) is 2. The van der Waals surface area contributed by atoms with Gasteiger partial charge in [0.1, 0.15) is 5.75 Å². The van der Waals surface area contributed by atoms with Gasteiger partial charge in [0, 0.05) is 29.3 Å². The molecule has 1 heterocycles. The Morgan fingerprint density at radius 2 is 1.67 bits per heavy atom. The molecule has 27 heavy (non-hydrogen) atoms. The van der Waals surface area contributed by atoms with Crippen molar-refractivity contribution in [3.63, 3.8) is 0 Å². The SMILES string of the molecule is COc1ccc(NC(=O)NCc2cc(C)n(-c3ccc(C)cc3)c2C)cc1. The smallest absolute Gasteiger partial charge is 0.319 e. The Morgan fingerprint density at radius 3 is 2.30 bits per heavy atom. The Bertz CT molecular complexity index is 925. The van der Waals surface area contributed by atoms with Gasteiger partial charge in [0.05, 0.1) is 7.11 Å². The second kappa shape index (κ2) is 7.99. The number of carbonyl (C=O) groups excluding carboxylic acids is 1. The van der Waals surface area contributed by atoms with Crippen molar-refractivity contribution in [1.29, 1.82) is 0 Å². The third-order valence-electron chi connectivity index (χ3n) is 4.62. The summed E-state index contributed by atoms with van der Waals surface area (Å²) in [5.41, 5.74) is 6.45. The van der Waals surface area contributed by atoms with Crippen molar-refractivity contribution in [3.8, 4) is 11.4 Å². The van der Waals surface area contributed by atoms with E-state index in [4.69, 9.17) is 4.74 Å². The maximum Gasteiger partial charge on any atom is 0.319 e. The molecular formula is C22H25N3O2. The lowest BCUT2D eigenvalue weighted by Crippen LogP contribution is -2.28. The van der Waals surface area contributed by atoms with Gasteiger partial charge in [0.25, 0.3) is 0 Å². The lowest BCUT2D eigenvalue weighted by Gasteiger charge is -2.11. The summed E-state index contributed by atoms with van der Waals surface area (Å²) in [6.45, 7) is 6.70. The van der Waals surface area contributed by atoms with Crippen molar-refractivity contribution in [2.45, 2.75) is 27.3 Å². The standard InChI is InChI=1S/C22H25N3O2/c1-15-5-9-20(10-6-15)25-16(2)13-18(17(25)3)14-23-22(26)24-19-7-11-21(27-4)12-8-19/h5-13H,14H2,1-4H3,(H2,23,24,26). The fourth-order valence-electron chi connectivity index (χ4n) is 3.12. The summed E-state index contributed by atoms with van der Waals surface area (Å²) in [7, 11) is 1.61. The molecule has 0 bridgehead atoms. The second-order valence-electron chi connectivity index (χ2n) is 6.60. The van der Waals surface area contributed by atoms with Crippen molar-refractivity contribution in [2.24, 2.45) is 0 Å². The zero-order chi connectivity index (χ0) is 19.4. The number of carbonyl (C=O) groups is 1. The summed E-state index contributed by atoms with van der Waals surface area (Å²) in [6, 6.07) is 17.6. The van der Waals surface area contributed by atoms with Crippen LogP contribution in [0.1, 0.15) is 22.5 Å². The third kappa shape index (κ3) is 4.31. The van der Waals surface area contributed by atoms with E-state index in [2.05, 4.69) is 66.3 Å². The van der Waals surface area contributed by atoms with Crippen LogP contribution in [-0.2, 0) is 6.54 Å². The molecule has 0 saturated carbocycles. The zero-order valence-electron chi connectivity index (χ0n) is 16.2. The molecule has 0 saturated heterocycles. The van der Waals surface area contributed by atoms with Crippen LogP contribution in [0, 0.1) is 20.8 Å². The molecule has 1 aromatic heterocycles. The minimum absolute atomic E-state index is 0.236. The molecule has 0 fully saturated rings. The van der Waals surface area contributed by atoms with E-state index in [1.54, 1.807) is 7.11 Å². The van der Waals surface area contributed by atoms with Gasteiger partial charge in [-0.1, -0.05) is 17.7 Å². The number of amides is 2. The van der Waals surface area contributed by atoms with Crippen LogP contribution in [0.25, 0.3) is 5.69 Å². The largest absolute Gasteiger partial charge is 0.497 e. The Labute approximate surface area is 160 Å². The zero-order valence-corrected chi connectivity index (χ0v) is 16.2. The van der Waals surface area contributed by atoms with E-state index in [1.807, 2.05) is 24.3 Å². The number of ether oxygens (including phenoxy) is 1. The topological polar surface area (TPSA) is 55.3 Å². The lowest BCUT2D eigenvalue weighted by atomic mass is 10.2. The number of aromatic nitrogens is 1. The van der Waals surface area contributed by atoms with Crippen LogP contribution in [0.4, 0.5) is 10.5 Å². The first-order valence-corrected chi connectivity index (χ1v) is 8.91. The summed E-state index contributed by atoms with van der Waals surface area (Å²) in [4.78, 5) is 12.2. The van der Waals surface area contributed by atoms with Gasteiger partial charge in [-0.2, -0.15) is 0 Å². The molecule has 0 spiro atoms. The molecular weight excluding hydrogens is 338 g/mol. The molecule has 3 rings (SSSR count). The predicted octanol–water partition coefficient (Wildman–Crippen LogP) is 4.73. The normalized spacial score (nSPS) is 10.5. The van der Waals surface area contributed by atoms with E-state index in [9.17, 15) is 4.79 Å². The average Bonchev–Trinajstić information content (AvgIpc) is 2.95. The summed E-state index contributed by atoms with van der Waals surface area (Å²) >= 11 is 0. The molecule has 2 N–H and O–H groups in total. The monoisotopic (exact) mass is 363 g/mol. The highest BCUT2D eigenvalue weighted by molar-refractivity contribution is 5.89. The van der Waals surface area contributed by atoms with E-state index >= 15 is 0 Å². The van der Waals surface area contributed by atoms with Crippen LogP contribution in [0.3, 0.4) is 0 Å². The first kappa shape index (κ1) is 18.6. The van der Waals surface area contributed by atoms with Gasteiger partial charge in [-0.05, 0) is 68.8 Å². The molecule has 140 valence electrons. The van der Waals surface area contributed by atoms with Crippen molar-refractivity contribution in [3.05, 3.63) is 77.1 Å². The highest BCUT2D eigenvalue weighted by Gasteiger charge is 2.11. The van der Waals surface area contributed by atoms with E-state index in [0.717, 1.165) is 34.1 Å². The number of nitrogens with one attached hydrogen (secondary N) is 2. The maximum absolute atomic E-state index is 12.2. The molecule has 5 heteroatoms. The number of anilines is 1. The fraction of sp³-hybridized carbons (Fsp3) is 0.227. The Hall–Kier alpha value is -3.21. The Morgan fingerprint density at radius 1 is 1.00 bits per heavy atom. The minimum Gasteiger partial charge on any atom is -0.497 e. The molecule has 3 aromatic rings. The number of rotatable bonds is 5.